The molecule has 21 heavy (non-hydrogen) atoms. The van der Waals surface area contributed by atoms with E-state index < -0.39 is 8.07 Å². The average Bonchev–Trinajstić information content (AvgIpc) is 2.33. The van der Waals surface area contributed by atoms with Crippen molar-refractivity contribution < 1.29 is 0 Å². The summed E-state index contributed by atoms with van der Waals surface area (Å²) in [6.07, 6.45) is 0. The van der Waals surface area contributed by atoms with Crippen LogP contribution in [0.15, 0.2) is 12.1 Å². The van der Waals surface area contributed by atoms with Gasteiger partial charge in [0, 0.05) is 5.56 Å². The second kappa shape index (κ2) is 6.84. The zero-order valence-electron chi connectivity index (χ0n) is 15.4. The Morgan fingerprint density at radius 3 is 1.48 bits per heavy atom. The Labute approximate surface area is 133 Å². The lowest BCUT2D eigenvalue weighted by molar-refractivity contribution is 0.800. The maximum absolute atomic E-state index is 3.57. The zero-order chi connectivity index (χ0) is 16.4. The van der Waals surface area contributed by atoms with Crippen LogP contribution in [-0.4, -0.2) is 8.07 Å². The Morgan fingerprint density at radius 1 is 0.762 bits per heavy atom. The van der Waals surface area contributed by atoms with E-state index in [-0.39, 0.29) is 0 Å². The molecule has 0 bridgehead atoms. The quantitative estimate of drug-likeness (QED) is 0.455. The van der Waals surface area contributed by atoms with Gasteiger partial charge in [0.15, 0.2) is 0 Å². The highest BCUT2D eigenvalue weighted by Crippen LogP contribution is 2.31. The fraction of sp³-hybridized carbons (Fsp3) is 0.600. The van der Waals surface area contributed by atoms with Gasteiger partial charge >= 0.3 is 0 Å². The van der Waals surface area contributed by atoms with E-state index in [4.69, 9.17) is 0 Å². The second-order valence-corrected chi connectivity index (χ2v) is 12.8. The minimum absolute atomic E-state index is 0.520. The Balaban J connectivity index is 3.60. The van der Waals surface area contributed by atoms with Gasteiger partial charge in [0.2, 0.25) is 0 Å². The molecule has 1 aromatic carbocycles. The smallest absolute Gasteiger partial charge is 0.127 e. The molecule has 0 saturated carbocycles. The summed E-state index contributed by atoms with van der Waals surface area (Å²) < 4.78 is 0. The van der Waals surface area contributed by atoms with E-state index in [1.165, 1.54) is 22.3 Å². The maximum atomic E-state index is 3.57. The van der Waals surface area contributed by atoms with Gasteiger partial charge in [-0.3, -0.25) is 0 Å². The van der Waals surface area contributed by atoms with E-state index in [1.807, 2.05) is 0 Å². The first-order valence-electron chi connectivity index (χ1n) is 8.23. The molecule has 0 radical (unpaired) electrons. The van der Waals surface area contributed by atoms with Crippen LogP contribution in [0.5, 0.6) is 0 Å². The zero-order valence-corrected chi connectivity index (χ0v) is 16.4. The number of hydrogen-bond acceptors (Lipinski definition) is 0. The predicted molar refractivity (Wildman–Crippen MR) is 98.9 cm³/mol. The van der Waals surface area contributed by atoms with Crippen molar-refractivity contribution >= 4 is 8.07 Å². The molecule has 0 amide bonds. The molecule has 1 aromatic rings. The molecule has 0 aliphatic heterocycles. The molecule has 0 nitrogen and oxygen atoms in total. The van der Waals surface area contributed by atoms with E-state index in [1.54, 1.807) is 0 Å². The summed E-state index contributed by atoms with van der Waals surface area (Å²) in [5, 5.41) is 0. The highest BCUT2D eigenvalue weighted by atomic mass is 28.3. The van der Waals surface area contributed by atoms with Crippen LogP contribution in [-0.2, 0) is 0 Å². The minimum atomic E-state index is -1.35. The molecule has 0 aliphatic rings. The van der Waals surface area contributed by atoms with Crippen molar-refractivity contribution in [2.75, 3.05) is 0 Å². The summed E-state index contributed by atoms with van der Waals surface area (Å²) in [5.74, 6) is 5.17. The largest absolute Gasteiger partial charge is 0.129 e. The van der Waals surface area contributed by atoms with Crippen LogP contribution in [0.4, 0.5) is 0 Å². The standard InChI is InChI=1S/C20H32Si/c1-14(2)17-12-19(15(3)4)18(10-11-21(7,8)9)20(13-17)16(5)6/h12-16H,1-9H3. The molecule has 0 saturated heterocycles. The van der Waals surface area contributed by atoms with Gasteiger partial charge in [-0.05, 0) is 34.4 Å². The minimum Gasteiger partial charge on any atom is -0.127 e. The normalized spacial score (nSPS) is 12.0. The second-order valence-electron chi connectivity index (χ2n) is 8.04. The van der Waals surface area contributed by atoms with Crippen LogP contribution in [0, 0.1) is 11.5 Å². The van der Waals surface area contributed by atoms with Crippen molar-refractivity contribution in [1.29, 1.82) is 0 Å². The van der Waals surface area contributed by atoms with Gasteiger partial charge in [0.1, 0.15) is 8.07 Å². The third-order valence-corrected chi connectivity index (χ3v) is 4.57. The summed E-state index contributed by atoms with van der Waals surface area (Å²) in [7, 11) is -1.35. The highest BCUT2D eigenvalue weighted by molar-refractivity contribution is 6.83. The molecular formula is C20H32Si. The van der Waals surface area contributed by atoms with Gasteiger partial charge in [0.25, 0.3) is 0 Å². The fourth-order valence-electron chi connectivity index (χ4n) is 2.35. The molecule has 0 aromatic heterocycles. The maximum Gasteiger partial charge on any atom is 0.129 e. The van der Waals surface area contributed by atoms with Gasteiger partial charge < -0.3 is 0 Å². The van der Waals surface area contributed by atoms with Gasteiger partial charge in [-0.2, -0.15) is 0 Å². The third kappa shape index (κ3) is 5.04. The molecule has 0 aliphatic carbocycles. The van der Waals surface area contributed by atoms with E-state index in [9.17, 15) is 0 Å². The van der Waals surface area contributed by atoms with Gasteiger partial charge in [-0.15, -0.1) is 5.54 Å². The topological polar surface area (TPSA) is 0 Å². The van der Waals surface area contributed by atoms with E-state index >= 15 is 0 Å². The Kier molecular flexibility index (Phi) is 5.88. The van der Waals surface area contributed by atoms with Crippen LogP contribution in [0.1, 0.15) is 81.5 Å². The Bertz CT molecular complexity index is 516. The van der Waals surface area contributed by atoms with Gasteiger partial charge in [-0.25, -0.2) is 0 Å². The van der Waals surface area contributed by atoms with Crippen LogP contribution < -0.4 is 0 Å². The Hall–Kier alpha value is -1.00. The average molecular weight is 301 g/mol. The number of hydrogen-bond donors (Lipinski definition) is 0. The molecule has 0 unspecified atom stereocenters. The first-order chi connectivity index (χ1) is 9.53. The summed E-state index contributed by atoms with van der Waals surface area (Å²) in [6, 6.07) is 4.77. The van der Waals surface area contributed by atoms with E-state index in [0.717, 1.165) is 0 Å². The van der Waals surface area contributed by atoms with Crippen LogP contribution in [0.25, 0.3) is 0 Å². The Morgan fingerprint density at radius 2 is 1.19 bits per heavy atom. The molecule has 0 heterocycles. The van der Waals surface area contributed by atoms with Crippen LogP contribution in [0.2, 0.25) is 19.6 Å². The molecule has 0 atom stereocenters. The lowest BCUT2D eigenvalue weighted by Crippen LogP contribution is -2.16. The van der Waals surface area contributed by atoms with Gasteiger partial charge in [0.05, 0.1) is 0 Å². The van der Waals surface area contributed by atoms with Crippen LogP contribution in [0.3, 0.4) is 0 Å². The molecule has 0 fully saturated rings. The molecule has 1 heteroatoms. The summed E-state index contributed by atoms with van der Waals surface area (Å²) >= 11 is 0. The van der Waals surface area contributed by atoms with Gasteiger partial charge in [-0.1, -0.05) is 79.2 Å². The number of benzene rings is 1. The molecule has 1 rings (SSSR count). The first-order valence-corrected chi connectivity index (χ1v) is 11.7. The predicted octanol–water partition coefficient (Wildman–Crippen LogP) is 6.29. The lowest BCUT2D eigenvalue weighted by atomic mass is 9.85. The lowest BCUT2D eigenvalue weighted by Gasteiger charge is -2.20. The van der Waals surface area contributed by atoms with Crippen molar-refractivity contribution in [3.8, 4) is 11.5 Å². The third-order valence-electron chi connectivity index (χ3n) is 3.69. The molecule has 0 N–H and O–H groups in total. The number of rotatable bonds is 3. The van der Waals surface area contributed by atoms with Crippen molar-refractivity contribution in [3.05, 3.63) is 34.4 Å². The summed E-state index contributed by atoms with van der Waals surface area (Å²) in [5.41, 5.74) is 9.16. The molecule has 0 spiro atoms. The summed E-state index contributed by atoms with van der Waals surface area (Å²) in [4.78, 5) is 0. The van der Waals surface area contributed by atoms with Crippen molar-refractivity contribution in [2.45, 2.75) is 78.9 Å². The van der Waals surface area contributed by atoms with E-state index in [2.05, 4.69) is 84.8 Å². The van der Waals surface area contributed by atoms with E-state index in [0.29, 0.717) is 17.8 Å². The van der Waals surface area contributed by atoms with Crippen LogP contribution >= 0.6 is 0 Å². The molecule has 116 valence electrons. The molecular weight excluding hydrogens is 268 g/mol. The van der Waals surface area contributed by atoms with Crippen molar-refractivity contribution in [2.24, 2.45) is 0 Å². The summed E-state index contributed by atoms with van der Waals surface area (Å²) in [6.45, 7) is 20.6. The fourth-order valence-corrected chi connectivity index (χ4v) is 2.85. The SMILES string of the molecule is CC(C)c1cc(C(C)C)c(C#C[Si](C)(C)C)c(C(C)C)c1. The highest BCUT2D eigenvalue weighted by Gasteiger charge is 2.16. The van der Waals surface area contributed by atoms with Crippen molar-refractivity contribution in [1.82, 2.24) is 0 Å². The first kappa shape index (κ1) is 18.0. The monoisotopic (exact) mass is 300 g/mol. The van der Waals surface area contributed by atoms with Crippen molar-refractivity contribution in [3.63, 3.8) is 0 Å².